The molecule has 3 heterocycles. The summed E-state index contributed by atoms with van der Waals surface area (Å²) >= 11 is 0. The highest BCUT2D eigenvalue weighted by molar-refractivity contribution is 5.82. The second-order valence-corrected chi connectivity index (χ2v) is 8.28. The number of fused-ring (bicyclic) bond motifs is 1. The summed E-state index contributed by atoms with van der Waals surface area (Å²) < 4.78 is 0. The van der Waals surface area contributed by atoms with E-state index in [1.165, 1.54) is 12.8 Å². The van der Waals surface area contributed by atoms with Crippen LogP contribution in [0.2, 0.25) is 0 Å². The lowest BCUT2D eigenvalue weighted by Crippen LogP contribution is -2.48. The van der Waals surface area contributed by atoms with Crippen LogP contribution in [0.15, 0.2) is 0 Å². The van der Waals surface area contributed by atoms with Crippen molar-refractivity contribution in [2.75, 3.05) is 39.3 Å². The number of carboxylic acid groups (broad SMARTS) is 1. The number of nitrogens with one attached hydrogen (secondary N) is 2. The normalized spacial score (nSPS) is 27.4. The zero-order valence-corrected chi connectivity index (χ0v) is 16.2. The molecule has 0 aromatic rings. The number of piperidine rings is 2. The Labute approximate surface area is 160 Å². The summed E-state index contributed by atoms with van der Waals surface area (Å²) in [6.07, 6.45) is 5.02. The molecule has 3 aliphatic rings. The van der Waals surface area contributed by atoms with Crippen LogP contribution in [0.4, 0.5) is 4.79 Å². The van der Waals surface area contributed by atoms with Gasteiger partial charge in [-0.25, -0.2) is 4.79 Å². The molecule has 3 fully saturated rings. The van der Waals surface area contributed by atoms with Crippen LogP contribution in [0.1, 0.15) is 39.0 Å². The molecular weight excluding hydrogens is 348 g/mol. The molecule has 0 aliphatic carbocycles. The molecule has 0 saturated carbocycles. The molecule has 0 bridgehead atoms. The van der Waals surface area contributed by atoms with E-state index in [0.717, 1.165) is 45.4 Å². The van der Waals surface area contributed by atoms with E-state index in [-0.39, 0.29) is 30.4 Å². The molecule has 3 aliphatic heterocycles. The van der Waals surface area contributed by atoms with Gasteiger partial charge in [-0.1, -0.05) is 6.92 Å². The predicted molar refractivity (Wildman–Crippen MR) is 100 cm³/mol. The van der Waals surface area contributed by atoms with Crippen LogP contribution in [0.3, 0.4) is 0 Å². The van der Waals surface area contributed by atoms with Crippen molar-refractivity contribution >= 4 is 17.9 Å². The maximum atomic E-state index is 12.8. The third-order valence-corrected chi connectivity index (χ3v) is 6.29. The summed E-state index contributed by atoms with van der Waals surface area (Å²) in [6.45, 7) is 5.88. The summed E-state index contributed by atoms with van der Waals surface area (Å²) in [4.78, 5) is 39.8. The molecular formula is C19H32N4O4. The van der Waals surface area contributed by atoms with Crippen molar-refractivity contribution in [3.05, 3.63) is 0 Å². The smallest absolute Gasteiger partial charge is 0.320 e. The maximum Gasteiger partial charge on any atom is 0.320 e. The molecule has 3 amide bonds. The van der Waals surface area contributed by atoms with Crippen LogP contribution in [0, 0.1) is 17.8 Å². The van der Waals surface area contributed by atoms with Gasteiger partial charge in [-0.3, -0.25) is 9.59 Å². The Hall–Kier alpha value is -1.83. The van der Waals surface area contributed by atoms with Gasteiger partial charge in [0, 0.05) is 26.2 Å². The lowest BCUT2D eigenvalue weighted by atomic mass is 9.92. The van der Waals surface area contributed by atoms with Crippen molar-refractivity contribution in [2.24, 2.45) is 17.8 Å². The number of aliphatic carboxylic acids is 1. The summed E-state index contributed by atoms with van der Waals surface area (Å²) in [7, 11) is 0. The minimum absolute atomic E-state index is 0.0605. The first kappa shape index (κ1) is 19.9. The van der Waals surface area contributed by atoms with Crippen LogP contribution in [-0.2, 0) is 9.59 Å². The minimum atomic E-state index is -0.918. The Morgan fingerprint density at radius 1 is 1.22 bits per heavy atom. The number of urea groups is 1. The van der Waals surface area contributed by atoms with E-state index in [0.29, 0.717) is 12.5 Å². The van der Waals surface area contributed by atoms with Crippen molar-refractivity contribution in [3.8, 4) is 0 Å². The zero-order chi connectivity index (χ0) is 19.4. The van der Waals surface area contributed by atoms with Gasteiger partial charge in [-0.2, -0.15) is 0 Å². The second kappa shape index (κ2) is 8.91. The number of nitrogens with zero attached hydrogens (tertiary/aromatic N) is 2. The molecule has 0 aromatic heterocycles. The molecule has 8 nitrogen and oxygen atoms in total. The average molecular weight is 380 g/mol. The monoisotopic (exact) mass is 380 g/mol. The van der Waals surface area contributed by atoms with Crippen molar-refractivity contribution in [2.45, 2.75) is 45.1 Å². The van der Waals surface area contributed by atoms with Crippen LogP contribution in [-0.4, -0.2) is 78.1 Å². The molecule has 0 aromatic carbocycles. The van der Waals surface area contributed by atoms with E-state index in [1.807, 2.05) is 9.80 Å². The molecule has 0 unspecified atom stereocenters. The van der Waals surface area contributed by atoms with E-state index in [4.69, 9.17) is 5.11 Å². The predicted octanol–water partition coefficient (Wildman–Crippen LogP) is 0.729. The van der Waals surface area contributed by atoms with Gasteiger partial charge in [-0.15, -0.1) is 0 Å². The third-order valence-electron chi connectivity index (χ3n) is 6.29. The highest BCUT2D eigenvalue weighted by atomic mass is 16.4. The highest BCUT2D eigenvalue weighted by Gasteiger charge is 2.42. The Balaban J connectivity index is 1.46. The molecule has 3 rings (SSSR count). The van der Waals surface area contributed by atoms with Gasteiger partial charge in [0.25, 0.3) is 0 Å². The Kier molecular flexibility index (Phi) is 6.57. The fourth-order valence-corrected chi connectivity index (χ4v) is 4.36. The minimum Gasteiger partial charge on any atom is -0.481 e. The van der Waals surface area contributed by atoms with Crippen molar-refractivity contribution < 1.29 is 19.5 Å². The third kappa shape index (κ3) is 4.91. The van der Waals surface area contributed by atoms with Crippen LogP contribution >= 0.6 is 0 Å². The number of hydrogen-bond donors (Lipinski definition) is 3. The van der Waals surface area contributed by atoms with E-state index in [2.05, 4.69) is 10.6 Å². The van der Waals surface area contributed by atoms with Gasteiger partial charge in [0.05, 0.1) is 17.9 Å². The van der Waals surface area contributed by atoms with E-state index in [9.17, 15) is 14.4 Å². The van der Waals surface area contributed by atoms with Crippen molar-refractivity contribution in [1.82, 2.24) is 20.4 Å². The standard InChI is InChI=1S/C19H32N4O4/c1-13(18(25)26)10-21-17(24)15-2-3-16-12-22(19(27)23(16)11-15)9-6-14-4-7-20-8-5-14/h13-16,20H,2-12H2,1H3,(H,21,24)(H,25,26)/t13-,15-,16+/m0/s1. The van der Waals surface area contributed by atoms with Gasteiger partial charge in [0.1, 0.15) is 0 Å². The maximum absolute atomic E-state index is 12.8. The lowest BCUT2D eigenvalue weighted by Gasteiger charge is -2.33. The summed E-state index contributed by atoms with van der Waals surface area (Å²) in [5.41, 5.74) is 0. The summed E-state index contributed by atoms with van der Waals surface area (Å²) in [5.74, 6) is -1.20. The first-order chi connectivity index (χ1) is 13.0. The van der Waals surface area contributed by atoms with Gasteiger partial charge in [0.15, 0.2) is 0 Å². The van der Waals surface area contributed by atoms with E-state index in [1.54, 1.807) is 6.92 Å². The second-order valence-electron chi connectivity index (χ2n) is 8.28. The van der Waals surface area contributed by atoms with Crippen LogP contribution in [0.25, 0.3) is 0 Å². The topological polar surface area (TPSA) is 102 Å². The Morgan fingerprint density at radius 2 is 1.96 bits per heavy atom. The number of carbonyl (C=O) groups excluding carboxylic acids is 2. The van der Waals surface area contributed by atoms with Crippen LogP contribution < -0.4 is 10.6 Å². The van der Waals surface area contributed by atoms with Gasteiger partial charge < -0.3 is 25.5 Å². The quantitative estimate of drug-likeness (QED) is 0.604. The number of hydrogen-bond acceptors (Lipinski definition) is 4. The fraction of sp³-hybridized carbons (Fsp3) is 0.842. The first-order valence-electron chi connectivity index (χ1n) is 10.2. The Bertz CT molecular complexity index is 564. The largest absolute Gasteiger partial charge is 0.481 e. The van der Waals surface area contributed by atoms with E-state index >= 15 is 0 Å². The first-order valence-corrected chi connectivity index (χ1v) is 10.2. The molecule has 3 saturated heterocycles. The van der Waals surface area contributed by atoms with Crippen molar-refractivity contribution in [1.29, 1.82) is 0 Å². The molecule has 3 N–H and O–H groups in total. The molecule has 0 radical (unpaired) electrons. The molecule has 3 atom stereocenters. The number of amides is 3. The summed E-state index contributed by atoms with van der Waals surface area (Å²) in [5, 5.41) is 15.0. The zero-order valence-electron chi connectivity index (χ0n) is 16.2. The molecule has 0 spiro atoms. The SMILES string of the molecule is C[C@@H](CNC(=O)[C@H]1CC[C@@H]2CN(CCC3CCNCC3)C(=O)N2C1)C(=O)O. The molecule has 152 valence electrons. The van der Waals surface area contributed by atoms with E-state index < -0.39 is 11.9 Å². The number of carbonyl (C=O) groups is 3. The Morgan fingerprint density at radius 3 is 2.67 bits per heavy atom. The summed E-state index contributed by atoms with van der Waals surface area (Å²) in [6, 6.07) is 0.276. The highest BCUT2D eigenvalue weighted by Crippen LogP contribution is 2.29. The average Bonchev–Trinajstić information content (AvgIpc) is 3.00. The van der Waals surface area contributed by atoms with Gasteiger partial charge in [0.2, 0.25) is 5.91 Å². The number of carboxylic acids is 1. The van der Waals surface area contributed by atoms with Gasteiger partial charge >= 0.3 is 12.0 Å². The fourth-order valence-electron chi connectivity index (χ4n) is 4.36. The molecule has 8 heteroatoms. The lowest BCUT2D eigenvalue weighted by molar-refractivity contribution is -0.141. The van der Waals surface area contributed by atoms with Crippen molar-refractivity contribution in [3.63, 3.8) is 0 Å². The number of rotatable bonds is 7. The van der Waals surface area contributed by atoms with Gasteiger partial charge in [-0.05, 0) is 51.1 Å². The molecule has 27 heavy (non-hydrogen) atoms. The van der Waals surface area contributed by atoms with Crippen LogP contribution in [0.5, 0.6) is 0 Å².